The largest absolute Gasteiger partial charge is 0.494 e. The first-order valence-corrected chi connectivity index (χ1v) is 10.5. The maximum atomic E-state index is 12.5. The van der Waals surface area contributed by atoms with Gasteiger partial charge in [0.2, 0.25) is 10.0 Å². The highest BCUT2D eigenvalue weighted by atomic mass is 32.2. The molecule has 0 bridgehead atoms. The van der Waals surface area contributed by atoms with Crippen molar-refractivity contribution in [3.8, 4) is 5.75 Å². The molecule has 0 atom stereocenters. The van der Waals surface area contributed by atoms with E-state index >= 15 is 0 Å². The van der Waals surface area contributed by atoms with Crippen LogP contribution in [0.3, 0.4) is 0 Å². The van der Waals surface area contributed by atoms with Gasteiger partial charge in [-0.15, -0.1) is 0 Å². The average molecular weight is 420 g/mol. The molecular weight excluding hydrogens is 394 g/mol. The van der Waals surface area contributed by atoms with Crippen LogP contribution in [0.5, 0.6) is 5.75 Å². The smallest absolute Gasteiger partial charge is 0.269 e. The SMILES string of the molecule is CCCOc1ccc(C(=O)NNC(=O)CN(C)S(=O)(=O)c2ccc(C)cc2)cc1. The quantitative estimate of drug-likeness (QED) is 0.636. The molecule has 2 aromatic rings. The number of benzene rings is 2. The number of carbonyl (C=O) groups excluding carboxylic acids is 2. The third kappa shape index (κ3) is 6.30. The van der Waals surface area contributed by atoms with Crippen LogP contribution in [0.4, 0.5) is 0 Å². The van der Waals surface area contributed by atoms with E-state index < -0.39 is 28.4 Å². The molecule has 2 N–H and O–H groups in total. The van der Waals surface area contributed by atoms with Crippen molar-refractivity contribution < 1.29 is 22.7 Å². The number of hydrogen-bond donors (Lipinski definition) is 2. The lowest BCUT2D eigenvalue weighted by atomic mass is 10.2. The number of nitrogens with one attached hydrogen (secondary N) is 2. The van der Waals surface area contributed by atoms with Crippen molar-refractivity contribution in [2.45, 2.75) is 25.2 Å². The zero-order chi connectivity index (χ0) is 21.4. The van der Waals surface area contributed by atoms with Crippen LogP contribution in [-0.2, 0) is 14.8 Å². The van der Waals surface area contributed by atoms with Gasteiger partial charge in [0.15, 0.2) is 0 Å². The molecule has 8 nitrogen and oxygen atoms in total. The van der Waals surface area contributed by atoms with Crippen molar-refractivity contribution in [3.63, 3.8) is 0 Å². The summed E-state index contributed by atoms with van der Waals surface area (Å²) >= 11 is 0. The maximum Gasteiger partial charge on any atom is 0.269 e. The molecule has 0 radical (unpaired) electrons. The summed E-state index contributed by atoms with van der Waals surface area (Å²) in [5.74, 6) is -0.542. The third-order valence-corrected chi connectivity index (χ3v) is 5.82. The molecule has 9 heteroatoms. The first-order valence-electron chi connectivity index (χ1n) is 9.09. The number of nitrogens with zero attached hydrogens (tertiary/aromatic N) is 1. The minimum atomic E-state index is -3.81. The first kappa shape index (κ1) is 22.4. The van der Waals surface area contributed by atoms with Crippen LogP contribution in [0.1, 0.15) is 29.3 Å². The second-order valence-electron chi connectivity index (χ2n) is 6.45. The lowest BCUT2D eigenvalue weighted by Gasteiger charge is -2.17. The van der Waals surface area contributed by atoms with Gasteiger partial charge in [-0.25, -0.2) is 8.42 Å². The van der Waals surface area contributed by atoms with E-state index in [1.54, 1.807) is 36.4 Å². The lowest BCUT2D eigenvalue weighted by molar-refractivity contribution is -0.121. The summed E-state index contributed by atoms with van der Waals surface area (Å²) < 4.78 is 31.3. The van der Waals surface area contributed by atoms with E-state index in [0.717, 1.165) is 16.3 Å². The summed E-state index contributed by atoms with van der Waals surface area (Å²) in [6.07, 6.45) is 0.877. The Morgan fingerprint density at radius 2 is 1.62 bits per heavy atom. The van der Waals surface area contributed by atoms with Gasteiger partial charge in [0.25, 0.3) is 11.8 Å². The molecule has 0 spiro atoms. The van der Waals surface area contributed by atoms with Crippen LogP contribution in [0, 0.1) is 6.92 Å². The van der Waals surface area contributed by atoms with E-state index in [1.807, 2.05) is 13.8 Å². The van der Waals surface area contributed by atoms with Crippen molar-refractivity contribution in [3.05, 3.63) is 59.7 Å². The van der Waals surface area contributed by atoms with Crippen molar-refractivity contribution in [2.75, 3.05) is 20.2 Å². The van der Waals surface area contributed by atoms with Gasteiger partial charge < -0.3 is 4.74 Å². The molecule has 0 unspecified atom stereocenters. The Morgan fingerprint density at radius 1 is 1.00 bits per heavy atom. The van der Waals surface area contributed by atoms with E-state index in [0.29, 0.717) is 17.9 Å². The molecule has 2 amide bonds. The van der Waals surface area contributed by atoms with Gasteiger partial charge >= 0.3 is 0 Å². The minimum absolute atomic E-state index is 0.0906. The Labute approximate surface area is 170 Å². The van der Waals surface area contributed by atoms with Crippen LogP contribution in [0.15, 0.2) is 53.4 Å². The fraction of sp³-hybridized carbons (Fsp3) is 0.300. The number of likely N-dealkylation sites (N-methyl/N-ethyl adjacent to an activating group) is 1. The zero-order valence-corrected chi connectivity index (χ0v) is 17.5. The van der Waals surface area contributed by atoms with E-state index in [-0.39, 0.29) is 4.90 Å². The predicted molar refractivity (Wildman–Crippen MR) is 109 cm³/mol. The van der Waals surface area contributed by atoms with Gasteiger partial charge in [-0.2, -0.15) is 4.31 Å². The van der Waals surface area contributed by atoms with Crippen LogP contribution in [0.2, 0.25) is 0 Å². The van der Waals surface area contributed by atoms with Crippen LogP contribution in [-0.4, -0.2) is 44.7 Å². The molecule has 0 aliphatic carbocycles. The topological polar surface area (TPSA) is 105 Å². The van der Waals surface area contributed by atoms with Gasteiger partial charge in [0.05, 0.1) is 18.0 Å². The minimum Gasteiger partial charge on any atom is -0.494 e. The Bertz CT molecular complexity index is 941. The van der Waals surface area contributed by atoms with Crippen molar-refractivity contribution in [1.82, 2.24) is 15.2 Å². The fourth-order valence-electron chi connectivity index (χ4n) is 2.34. The molecule has 2 rings (SSSR count). The number of amides is 2. The summed E-state index contributed by atoms with van der Waals surface area (Å²) in [5.41, 5.74) is 5.74. The summed E-state index contributed by atoms with van der Waals surface area (Å²) in [5, 5.41) is 0. The van der Waals surface area contributed by atoms with Crippen molar-refractivity contribution in [1.29, 1.82) is 0 Å². The zero-order valence-electron chi connectivity index (χ0n) is 16.6. The fourth-order valence-corrected chi connectivity index (χ4v) is 3.47. The van der Waals surface area contributed by atoms with Crippen molar-refractivity contribution >= 4 is 21.8 Å². The average Bonchev–Trinajstić information content (AvgIpc) is 2.71. The second kappa shape index (κ2) is 10.0. The molecule has 0 aliphatic heterocycles. The molecule has 0 heterocycles. The monoisotopic (exact) mass is 419 g/mol. The summed E-state index contributed by atoms with van der Waals surface area (Å²) in [6.45, 7) is 3.98. The normalized spacial score (nSPS) is 11.2. The first-order chi connectivity index (χ1) is 13.7. The van der Waals surface area contributed by atoms with E-state index in [9.17, 15) is 18.0 Å². The Hall–Kier alpha value is -2.91. The number of ether oxygens (including phenoxy) is 1. The van der Waals surface area contributed by atoms with Gasteiger partial charge in [-0.1, -0.05) is 24.6 Å². The number of carbonyl (C=O) groups is 2. The van der Waals surface area contributed by atoms with Gasteiger partial charge in [0, 0.05) is 12.6 Å². The molecule has 0 fully saturated rings. The van der Waals surface area contributed by atoms with Crippen LogP contribution >= 0.6 is 0 Å². The Kier molecular flexibility index (Phi) is 7.74. The maximum absolute atomic E-state index is 12.5. The molecule has 0 aromatic heterocycles. The Balaban J connectivity index is 1.88. The van der Waals surface area contributed by atoms with Crippen LogP contribution in [0.25, 0.3) is 0 Å². The van der Waals surface area contributed by atoms with Crippen molar-refractivity contribution in [2.24, 2.45) is 0 Å². The number of rotatable bonds is 8. The molecule has 0 saturated carbocycles. The van der Waals surface area contributed by atoms with E-state index in [4.69, 9.17) is 4.74 Å². The molecule has 0 saturated heterocycles. The standard InChI is InChI=1S/C20H25N3O5S/c1-4-13-28-17-9-7-16(8-10-17)20(25)22-21-19(24)14-23(3)29(26,27)18-11-5-15(2)6-12-18/h5-12H,4,13-14H2,1-3H3,(H,21,24)(H,22,25). The molecular formula is C20H25N3O5S. The van der Waals surface area contributed by atoms with E-state index in [2.05, 4.69) is 10.9 Å². The number of hydrazine groups is 1. The molecule has 2 aromatic carbocycles. The van der Waals surface area contributed by atoms with Gasteiger partial charge in [-0.3, -0.25) is 20.4 Å². The highest BCUT2D eigenvalue weighted by Gasteiger charge is 2.23. The predicted octanol–water partition coefficient (Wildman–Crippen LogP) is 1.87. The molecule has 29 heavy (non-hydrogen) atoms. The number of sulfonamides is 1. The highest BCUT2D eigenvalue weighted by molar-refractivity contribution is 7.89. The van der Waals surface area contributed by atoms with Gasteiger partial charge in [-0.05, 0) is 49.7 Å². The third-order valence-electron chi connectivity index (χ3n) is 4.00. The molecule has 0 aliphatic rings. The second-order valence-corrected chi connectivity index (χ2v) is 8.49. The van der Waals surface area contributed by atoms with Crippen LogP contribution < -0.4 is 15.6 Å². The van der Waals surface area contributed by atoms with E-state index in [1.165, 1.54) is 19.2 Å². The molecule has 156 valence electrons. The van der Waals surface area contributed by atoms with Gasteiger partial charge in [0.1, 0.15) is 5.75 Å². The summed E-state index contributed by atoms with van der Waals surface area (Å²) in [4.78, 5) is 24.2. The Morgan fingerprint density at radius 3 is 2.21 bits per heavy atom. The summed E-state index contributed by atoms with van der Waals surface area (Å²) in [7, 11) is -2.51. The highest BCUT2D eigenvalue weighted by Crippen LogP contribution is 2.15. The lowest BCUT2D eigenvalue weighted by Crippen LogP contribution is -2.46. The number of hydrogen-bond acceptors (Lipinski definition) is 5. The summed E-state index contributed by atoms with van der Waals surface area (Å²) in [6, 6.07) is 12.8. The number of aryl methyl sites for hydroxylation is 1.